The summed E-state index contributed by atoms with van der Waals surface area (Å²) in [6, 6.07) is 0. The topological polar surface area (TPSA) is 142 Å². The third-order valence-electron chi connectivity index (χ3n) is 4.46. The number of methoxy groups -OCH3 is 1. The first-order valence-corrected chi connectivity index (χ1v) is 7.84. The zero-order valence-electron chi connectivity index (χ0n) is 14.2. The molecule has 1 aliphatic rings. The van der Waals surface area contributed by atoms with Gasteiger partial charge in [-0.25, -0.2) is 15.0 Å². The molecule has 0 radical (unpaired) electrons. The molecule has 0 aliphatic carbocycles. The van der Waals surface area contributed by atoms with Gasteiger partial charge in [-0.3, -0.25) is 0 Å². The van der Waals surface area contributed by atoms with Crippen LogP contribution in [0.3, 0.4) is 0 Å². The quantitative estimate of drug-likeness (QED) is 0.519. The molecule has 1 aliphatic heterocycles. The number of amidine groups is 1. The van der Waals surface area contributed by atoms with E-state index in [1.165, 1.54) is 13.4 Å². The number of aliphatic hydroxyl groups is 3. The first kappa shape index (κ1) is 17.5. The summed E-state index contributed by atoms with van der Waals surface area (Å²) < 4.78 is 7.01. The molecule has 0 saturated carbocycles. The molecule has 0 spiro atoms. The van der Waals surface area contributed by atoms with Crippen LogP contribution in [0.25, 0.3) is 11.0 Å². The van der Waals surface area contributed by atoms with Crippen LogP contribution >= 0.6 is 0 Å². The molecule has 2 aromatic rings. The highest BCUT2D eigenvalue weighted by Gasteiger charge is 2.34. The largest absolute Gasteiger partial charge is 0.396 e. The summed E-state index contributed by atoms with van der Waals surface area (Å²) in [6.45, 7) is 1.37. The highest BCUT2D eigenvalue weighted by Crippen LogP contribution is 2.34. The third-order valence-corrected chi connectivity index (χ3v) is 4.46. The van der Waals surface area contributed by atoms with Crippen LogP contribution in [0.15, 0.2) is 17.6 Å². The SMILES string of the molecule is COC(C(O)C(O)C(C)CO)n1cc2c3c(ncnc31)N(C)N=C2N. The molecule has 0 amide bonds. The third kappa shape index (κ3) is 2.72. The molecular weight excluding hydrogens is 328 g/mol. The molecule has 136 valence electrons. The minimum Gasteiger partial charge on any atom is -0.396 e. The van der Waals surface area contributed by atoms with Crippen molar-refractivity contribution in [3.63, 3.8) is 0 Å². The van der Waals surface area contributed by atoms with Crippen LogP contribution in [-0.2, 0) is 4.74 Å². The molecule has 3 heterocycles. The predicted octanol–water partition coefficient (Wildman–Crippen LogP) is -1.00. The molecule has 0 aromatic carbocycles. The van der Waals surface area contributed by atoms with Crippen LogP contribution < -0.4 is 10.7 Å². The Bertz CT molecular complexity index is 807. The Hall–Kier alpha value is -2.27. The van der Waals surface area contributed by atoms with Crippen LogP contribution in [0.1, 0.15) is 18.7 Å². The first-order chi connectivity index (χ1) is 11.9. The van der Waals surface area contributed by atoms with Crippen molar-refractivity contribution in [2.45, 2.75) is 25.4 Å². The van der Waals surface area contributed by atoms with Crippen molar-refractivity contribution in [3.8, 4) is 0 Å². The summed E-state index contributed by atoms with van der Waals surface area (Å²) in [7, 11) is 3.14. The zero-order valence-corrected chi connectivity index (χ0v) is 14.2. The van der Waals surface area contributed by atoms with Crippen molar-refractivity contribution in [2.75, 3.05) is 25.8 Å². The summed E-state index contributed by atoms with van der Waals surface area (Å²) in [5, 5.41) is 36.5. The van der Waals surface area contributed by atoms with Crippen molar-refractivity contribution in [1.29, 1.82) is 0 Å². The number of anilines is 1. The molecule has 2 aromatic heterocycles. The second-order valence-electron chi connectivity index (χ2n) is 6.12. The molecule has 5 N–H and O–H groups in total. The Balaban J connectivity index is 2.11. The lowest BCUT2D eigenvalue weighted by Gasteiger charge is -2.29. The number of nitrogens with two attached hydrogens (primary N) is 1. The first-order valence-electron chi connectivity index (χ1n) is 7.84. The monoisotopic (exact) mass is 350 g/mol. The highest BCUT2D eigenvalue weighted by atomic mass is 16.5. The molecule has 0 saturated heterocycles. The van der Waals surface area contributed by atoms with Gasteiger partial charge in [-0.1, -0.05) is 6.92 Å². The van der Waals surface area contributed by atoms with E-state index in [4.69, 9.17) is 10.5 Å². The summed E-state index contributed by atoms with van der Waals surface area (Å²) in [5.74, 6) is 0.358. The van der Waals surface area contributed by atoms with E-state index in [2.05, 4.69) is 15.1 Å². The number of ether oxygens (including phenoxy) is 1. The van der Waals surface area contributed by atoms with Gasteiger partial charge < -0.3 is 30.4 Å². The maximum Gasteiger partial charge on any atom is 0.163 e. The van der Waals surface area contributed by atoms with Crippen molar-refractivity contribution in [3.05, 3.63) is 18.1 Å². The zero-order chi connectivity index (χ0) is 18.3. The van der Waals surface area contributed by atoms with E-state index in [1.54, 1.807) is 29.7 Å². The fraction of sp³-hybridized carbons (Fsp3) is 0.533. The minimum atomic E-state index is -1.29. The number of aromatic nitrogens is 3. The van der Waals surface area contributed by atoms with Gasteiger partial charge in [0.15, 0.2) is 17.9 Å². The number of nitrogens with zero attached hydrogens (tertiary/aromatic N) is 5. The standard InChI is InChI=1S/C15H22N6O4/c1-7(5-22)10(23)11(24)15(25-3)21-4-8-9-13(17-6-18-14(9)21)20(2)19-12(8)16/h4,6-7,10-11,15,22-24H,5H2,1-3H3,(H2,16,19). The molecule has 0 fully saturated rings. The van der Waals surface area contributed by atoms with Gasteiger partial charge in [0.2, 0.25) is 0 Å². The van der Waals surface area contributed by atoms with Gasteiger partial charge in [-0.15, -0.1) is 0 Å². The minimum absolute atomic E-state index is 0.261. The van der Waals surface area contributed by atoms with E-state index in [1.807, 2.05) is 0 Å². The highest BCUT2D eigenvalue weighted by molar-refractivity contribution is 6.13. The molecular formula is C15H22N6O4. The fourth-order valence-corrected chi connectivity index (χ4v) is 3.00. The Morgan fingerprint density at radius 3 is 2.64 bits per heavy atom. The van der Waals surface area contributed by atoms with E-state index in [9.17, 15) is 15.3 Å². The number of hydrogen-bond acceptors (Lipinski definition) is 9. The van der Waals surface area contributed by atoms with Crippen LogP contribution in [0.2, 0.25) is 0 Å². The molecule has 10 heteroatoms. The van der Waals surface area contributed by atoms with Gasteiger partial charge >= 0.3 is 0 Å². The Kier molecular flexibility index (Phi) is 4.60. The molecule has 4 atom stereocenters. The van der Waals surface area contributed by atoms with Gasteiger partial charge in [-0.05, 0) is 0 Å². The van der Waals surface area contributed by atoms with E-state index in [0.29, 0.717) is 28.3 Å². The van der Waals surface area contributed by atoms with Gasteiger partial charge in [0.05, 0.1) is 11.5 Å². The number of aliphatic hydroxyl groups excluding tert-OH is 3. The van der Waals surface area contributed by atoms with Crippen LogP contribution in [0.4, 0.5) is 5.82 Å². The number of rotatable bonds is 6. The Labute approximate surface area is 144 Å². The van der Waals surface area contributed by atoms with Crippen molar-refractivity contribution < 1.29 is 20.1 Å². The second-order valence-corrected chi connectivity index (χ2v) is 6.12. The lowest BCUT2D eigenvalue weighted by Crippen LogP contribution is -2.40. The molecule has 4 unspecified atom stereocenters. The smallest absolute Gasteiger partial charge is 0.163 e. The van der Waals surface area contributed by atoms with Crippen molar-refractivity contribution in [2.24, 2.45) is 16.8 Å². The van der Waals surface area contributed by atoms with Gasteiger partial charge in [-0.2, -0.15) is 5.10 Å². The molecule has 10 nitrogen and oxygen atoms in total. The maximum absolute atomic E-state index is 10.6. The number of hydrazone groups is 1. The van der Waals surface area contributed by atoms with E-state index in [0.717, 1.165) is 0 Å². The van der Waals surface area contributed by atoms with Gasteiger partial charge in [0, 0.05) is 38.4 Å². The van der Waals surface area contributed by atoms with Gasteiger partial charge in [0.25, 0.3) is 0 Å². The van der Waals surface area contributed by atoms with Crippen molar-refractivity contribution in [1.82, 2.24) is 14.5 Å². The van der Waals surface area contributed by atoms with Crippen LogP contribution in [-0.4, -0.2) is 68.7 Å². The summed E-state index contributed by atoms with van der Waals surface area (Å²) in [6.07, 6.45) is -0.347. The molecule has 3 rings (SSSR count). The predicted molar refractivity (Wildman–Crippen MR) is 91.0 cm³/mol. The normalized spacial score (nSPS) is 18.8. The van der Waals surface area contributed by atoms with Crippen molar-refractivity contribution >= 4 is 22.7 Å². The lowest BCUT2D eigenvalue weighted by molar-refractivity contribution is -0.125. The summed E-state index contributed by atoms with van der Waals surface area (Å²) in [4.78, 5) is 8.51. The molecule has 25 heavy (non-hydrogen) atoms. The molecule has 0 bridgehead atoms. The Morgan fingerprint density at radius 2 is 2.00 bits per heavy atom. The summed E-state index contributed by atoms with van der Waals surface area (Å²) in [5.41, 5.74) is 7.14. The average molecular weight is 350 g/mol. The fourth-order valence-electron chi connectivity index (χ4n) is 3.00. The van der Waals surface area contributed by atoms with E-state index < -0.39 is 24.4 Å². The Morgan fingerprint density at radius 1 is 1.28 bits per heavy atom. The maximum atomic E-state index is 10.6. The second kappa shape index (κ2) is 6.56. The van der Waals surface area contributed by atoms with Crippen LogP contribution in [0.5, 0.6) is 0 Å². The lowest BCUT2D eigenvalue weighted by atomic mass is 9.99. The van der Waals surface area contributed by atoms with Gasteiger partial charge in [0.1, 0.15) is 18.1 Å². The van der Waals surface area contributed by atoms with E-state index >= 15 is 0 Å². The number of hydrogen-bond donors (Lipinski definition) is 4. The average Bonchev–Trinajstić information content (AvgIpc) is 3.00. The van der Waals surface area contributed by atoms with E-state index in [-0.39, 0.29) is 6.61 Å². The summed E-state index contributed by atoms with van der Waals surface area (Å²) >= 11 is 0. The van der Waals surface area contributed by atoms with Crippen LogP contribution in [0, 0.1) is 5.92 Å².